The van der Waals surface area contributed by atoms with Crippen LogP contribution in [0, 0.1) is 17.8 Å². The topological polar surface area (TPSA) is 65.0 Å². The van der Waals surface area contributed by atoms with E-state index >= 15 is 0 Å². The second kappa shape index (κ2) is 12.5. The van der Waals surface area contributed by atoms with Gasteiger partial charge in [-0.2, -0.15) is 0 Å². The lowest BCUT2D eigenvalue weighted by atomic mass is 9.84. The van der Waals surface area contributed by atoms with E-state index in [-0.39, 0.29) is 17.9 Å². The average Bonchev–Trinajstić information content (AvgIpc) is 2.78. The Morgan fingerprint density at radius 1 is 0.900 bits per heavy atom. The molecule has 0 heterocycles. The number of benzene rings is 2. The van der Waals surface area contributed by atoms with Gasteiger partial charge in [0, 0.05) is 11.8 Å². The van der Waals surface area contributed by atoms with Crippen molar-refractivity contribution >= 4 is 5.97 Å². The lowest BCUT2D eigenvalue weighted by Gasteiger charge is -2.34. The van der Waals surface area contributed by atoms with Crippen LogP contribution in [0.4, 0.5) is 0 Å². The zero-order chi connectivity index (χ0) is 21.9. The number of esters is 1. The highest BCUT2D eigenvalue weighted by Crippen LogP contribution is 2.26. The monoisotopic (exact) mass is 414 g/mol. The van der Waals surface area contributed by atoms with E-state index in [2.05, 4.69) is 0 Å². The number of carbonyl (C=O) groups excluding carboxylic acids is 1. The van der Waals surface area contributed by atoms with Gasteiger partial charge in [0.1, 0.15) is 0 Å². The quantitative estimate of drug-likeness (QED) is 0.527. The molecule has 0 bridgehead atoms. The number of methoxy groups -OCH3 is 1. The van der Waals surface area contributed by atoms with E-state index in [0.29, 0.717) is 19.8 Å². The highest BCUT2D eigenvalue weighted by molar-refractivity contribution is 5.72. The molecule has 2 aromatic rings. The Bertz CT molecular complexity index is 734. The van der Waals surface area contributed by atoms with Crippen molar-refractivity contribution in [2.75, 3.05) is 13.7 Å². The van der Waals surface area contributed by atoms with E-state index in [1.165, 1.54) is 7.11 Å². The minimum atomic E-state index is -0.880. The van der Waals surface area contributed by atoms with Crippen LogP contribution in [0.25, 0.3) is 0 Å². The minimum absolute atomic E-state index is 0.0203. The summed E-state index contributed by atoms with van der Waals surface area (Å²) in [5, 5.41) is 10.8. The molecule has 0 radical (unpaired) electrons. The van der Waals surface area contributed by atoms with Crippen molar-refractivity contribution in [3.8, 4) is 0 Å². The van der Waals surface area contributed by atoms with Gasteiger partial charge >= 0.3 is 5.97 Å². The fraction of sp³-hybridized carbons (Fsp3) is 0.480. The molecule has 0 saturated carbocycles. The predicted molar refractivity (Wildman–Crippen MR) is 117 cm³/mol. The Morgan fingerprint density at radius 3 is 1.97 bits per heavy atom. The van der Waals surface area contributed by atoms with Crippen LogP contribution >= 0.6 is 0 Å². The summed E-state index contributed by atoms with van der Waals surface area (Å²) in [7, 11) is 1.33. The summed E-state index contributed by atoms with van der Waals surface area (Å²) in [5.41, 5.74) is 2.17. The Morgan fingerprint density at radius 2 is 1.43 bits per heavy atom. The van der Waals surface area contributed by atoms with Crippen LogP contribution in [0.15, 0.2) is 60.7 Å². The molecule has 5 atom stereocenters. The van der Waals surface area contributed by atoms with Crippen LogP contribution in [0.3, 0.4) is 0 Å². The van der Waals surface area contributed by atoms with Crippen molar-refractivity contribution in [2.45, 2.75) is 46.2 Å². The van der Waals surface area contributed by atoms with Gasteiger partial charge in [0.25, 0.3) is 0 Å². The third kappa shape index (κ3) is 7.24. The molecular weight excluding hydrogens is 380 g/mol. The lowest BCUT2D eigenvalue weighted by molar-refractivity contribution is -0.153. The first-order chi connectivity index (χ1) is 14.4. The fourth-order valence-corrected chi connectivity index (χ4v) is 3.61. The Labute approximate surface area is 180 Å². The maximum Gasteiger partial charge on any atom is 0.311 e. The molecule has 2 rings (SSSR count). The number of ether oxygens (including phenoxy) is 3. The first-order valence-electron chi connectivity index (χ1n) is 10.5. The van der Waals surface area contributed by atoms with Gasteiger partial charge in [-0.05, 0) is 18.1 Å². The number of aliphatic hydroxyl groups excluding tert-OH is 1. The predicted octanol–water partition coefficient (Wildman–Crippen LogP) is 4.23. The summed E-state index contributed by atoms with van der Waals surface area (Å²) >= 11 is 0. The van der Waals surface area contributed by atoms with Crippen LogP contribution in [0.2, 0.25) is 0 Å². The van der Waals surface area contributed by atoms with Crippen molar-refractivity contribution in [1.82, 2.24) is 0 Å². The Hall–Kier alpha value is -2.21. The molecule has 0 aliphatic carbocycles. The highest BCUT2D eigenvalue weighted by atomic mass is 16.5. The smallest absolute Gasteiger partial charge is 0.311 e. The van der Waals surface area contributed by atoms with Crippen molar-refractivity contribution in [2.24, 2.45) is 17.8 Å². The molecule has 0 aromatic heterocycles. The zero-order valence-corrected chi connectivity index (χ0v) is 18.4. The minimum Gasteiger partial charge on any atom is -0.469 e. The summed E-state index contributed by atoms with van der Waals surface area (Å²) in [6.07, 6.45) is -1.17. The van der Waals surface area contributed by atoms with Crippen LogP contribution in [0.5, 0.6) is 0 Å². The van der Waals surface area contributed by atoms with Gasteiger partial charge in [-0.1, -0.05) is 74.5 Å². The fourth-order valence-electron chi connectivity index (χ4n) is 3.61. The molecule has 164 valence electrons. The maximum atomic E-state index is 11.9. The molecule has 0 aliphatic heterocycles. The maximum absolute atomic E-state index is 11.9. The molecule has 0 amide bonds. The molecule has 30 heavy (non-hydrogen) atoms. The van der Waals surface area contributed by atoms with Crippen molar-refractivity contribution in [3.63, 3.8) is 0 Å². The summed E-state index contributed by atoms with van der Waals surface area (Å²) in [5.74, 6) is -1.32. The SMILES string of the molecule is COC(=O)[C@@H](C)[C@H](O)[C@@H](C)[C@H](OCc1ccccc1)[C@@H](C)COCc1ccccc1. The third-order valence-corrected chi connectivity index (χ3v) is 5.48. The molecule has 0 fully saturated rings. The van der Waals surface area contributed by atoms with Crippen LogP contribution in [0.1, 0.15) is 31.9 Å². The van der Waals surface area contributed by atoms with Gasteiger partial charge < -0.3 is 19.3 Å². The summed E-state index contributed by atoms with van der Waals surface area (Å²) < 4.78 is 17.0. The second-order valence-electron chi connectivity index (χ2n) is 7.90. The number of aliphatic hydroxyl groups is 1. The van der Waals surface area contributed by atoms with E-state index in [0.717, 1.165) is 11.1 Å². The first kappa shape index (κ1) is 24.1. The van der Waals surface area contributed by atoms with Crippen LogP contribution in [-0.2, 0) is 32.2 Å². The zero-order valence-electron chi connectivity index (χ0n) is 18.4. The van der Waals surface area contributed by atoms with E-state index < -0.39 is 18.0 Å². The average molecular weight is 415 g/mol. The molecule has 5 nitrogen and oxygen atoms in total. The molecular formula is C25H34O5. The van der Waals surface area contributed by atoms with Gasteiger partial charge in [-0.25, -0.2) is 0 Å². The van der Waals surface area contributed by atoms with Gasteiger partial charge in [0.15, 0.2) is 0 Å². The van der Waals surface area contributed by atoms with Crippen LogP contribution < -0.4 is 0 Å². The van der Waals surface area contributed by atoms with Crippen LogP contribution in [-0.4, -0.2) is 37.0 Å². The van der Waals surface area contributed by atoms with E-state index in [1.807, 2.05) is 74.5 Å². The van der Waals surface area contributed by atoms with Crippen molar-refractivity contribution < 1.29 is 24.1 Å². The summed E-state index contributed by atoms with van der Waals surface area (Å²) in [6, 6.07) is 19.9. The van der Waals surface area contributed by atoms with Crippen molar-refractivity contribution in [3.05, 3.63) is 71.8 Å². The van der Waals surface area contributed by atoms with E-state index in [4.69, 9.17) is 14.2 Å². The first-order valence-corrected chi connectivity index (χ1v) is 10.5. The molecule has 0 spiro atoms. The molecule has 5 heteroatoms. The molecule has 1 N–H and O–H groups in total. The molecule has 0 aliphatic rings. The number of hydrogen-bond donors (Lipinski definition) is 1. The standard InChI is InChI=1S/C25H34O5/c1-18(15-29-16-21-11-7-5-8-12-21)24(30-17-22-13-9-6-10-14-22)19(2)23(26)20(3)25(27)28-4/h5-14,18-20,23-24,26H,15-17H2,1-4H3/t18-,19+,20-,23+,24+/m0/s1. The van der Waals surface area contributed by atoms with E-state index in [1.54, 1.807) is 6.92 Å². The summed E-state index contributed by atoms with van der Waals surface area (Å²) in [4.78, 5) is 11.9. The number of rotatable bonds is 12. The third-order valence-electron chi connectivity index (χ3n) is 5.48. The normalized spacial score (nSPS) is 16.3. The lowest BCUT2D eigenvalue weighted by Crippen LogP contribution is -2.42. The largest absolute Gasteiger partial charge is 0.469 e. The van der Waals surface area contributed by atoms with Gasteiger partial charge in [0.05, 0.1) is 45.1 Å². The van der Waals surface area contributed by atoms with E-state index in [9.17, 15) is 9.90 Å². The highest BCUT2D eigenvalue weighted by Gasteiger charge is 2.35. The molecule has 0 unspecified atom stereocenters. The van der Waals surface area contributed by atoms with Gasteiger partial charge in [-0.3, -0.25) is 4.79 Å². The number of carbonyl (C=O) groups is 1. The van der Waals surface area contributed by atoms with Crippen molar-refractivity contribution in [1.29, 1.82) is 0 Å². The van der Waals surface area contributed by atoms with Gasteiger partial charge in [-0.15, -0.1) is 0 Å². The number of hydrogen-bond acceptors (Lipinski definition) is 5. The summed E-state index contributed by atoms with van der Waals surface area (Å²) in [6.45, 7) is 7.07. The Balaban J connectivity index is 2.03. The second-order valence-corrected chi connectivity index (χ2v) is 7.90. The van der Waals surface area contributed by atoms with Gasteiger partial charge in [0.2, 0.25) is 0 Å². The molecule has 2 aromatic carbocycles. The molecule has 0 saturated heterocycles. The Kier molecular flexibility index (Phi) is 10.0.